The third-order valence-electron chi connectivity index (χ3n) is 1.99. The number of ether oxygens (including phenoxy) is 1. The zero-order valence-electron chi connectivity index (χ0n) is 8.56. The maximum atomic E-state index is 10.1. The normalized spacial score (nSPS) is 18.7. The van der Waals surface area contributed by atoms with Crippen LogP contribution in [0, 0.1) is 4.91 Å². The Morgan fingerprint density at radius 2 is 2.00 bits per heavy atom. The van der Waals surface area contributed by atoms with Gasteiger partial charge in [0.05, 0.1) is 13.2 Å². The molecule has 0 radical (unpaired) electrons. The highest BCUT2D eigenvalue weighted by Crippen LogP contribution is 2.26. The van der Waals surface area contributed by atoms with E-state index in [0.29, 0.717) is 0 Å². The van der Waals surface area contributed by atoms with Crippen LogP contribution in [0.2, 0.25) is 0 Å². The summed E-state index contributed by atoms with van der Waals surface area (Å²) in [6.07, 6.45) is 0. The first-order valence-electron chi connectivity index (χ1n) is 4.45. The van der Waals surface area contributed by atoms with Crippen molar-refractivity contribution in [2.24, 2.45) is 4.58 Å². The molecule has 1 heterocycles. The van der Waals surface area contributed by atoms with Crippen LogP contribution in [0.25, 0.3) is 0 Å². The highest BCUT2D eigenvalue weighted by atomic mass is 35.5. The topological polar surface area (TPSA) is 41.9 Å². The number of nitroso groups, excluding NO2 is 1. The lowest BCUT2D eigenvalue weighted by molar-refractivity contribution is 0.0350. The minimum atomic E-state index is -0.0842. The van der Waals surface area contributed by atoms with Crippen molar-refractivity contribution in [1.29, 1.82) is 0 Å². The first kappa shape index (κ1) is 14.2. The lowest BCUT2D eigenvalue weighted by Gasteiger charge is -2.32. The summed E-state index contributed by atoms with van der Waals surface area (Å²) in [5.41, 5.74) is 0. The quantitative estimate of drug-likeness (QED) is 0.556. The highest BCUT2D eigenvalue weighted by molar-refractivity contribution is 7.99. The van der Waals surface area contributed by atoms with Crippen LogP contribution < -0.4 is 0 Å². The molecule has 0 atom stereocenters. The summed E-state index contributed by atoms with van der Waals surface area (Å²) in [5.74, 6) is 0. The van der Waals surface area contributed by atoms with E-state index in [0.717, 1.165) is 44.8 Å². The van der Waals surface area contributed by atoms with Crippen LogP contribution in [0.3, 0.4) is 0 Å². The van der Waals surface area contributed by atoms with E-state index in [-0.39, 0.29) is 17.2 Å². The predicted octanol–water partition coefficient (Wildman–Crippen LogP) is 1.93. The molecule has 1 fully saturated rings. The van der Waals surface area contributed by atoms with Crippen molar-refractivity contribution in [3.63, 3.8) is 0 Å². The Labute approximate surface area is 95.3 Å². The summed E-state index contributed by atoms with van der Waals surface area (Å²) in [5, 5.41) is 0. The van der Waals surface area contributed by atoms with Crippen molar-refractivity contribution in [3.05, 3.63) is 4.91 Å². The lowest BCUT2D eigenvalue weighted by Crippen LogP contribution is -2.43. The summed E-state index contributed by atoms with van der Waals surface area (Å²) >= 11 is 1.11. The van der Waals surface area contributed by atoms with Crippen LogP contribution in [0.5, 0.6) is 0 Å². The van der Waals surface area contributed by atoms with Gasteiger partial charge in [-0.2, -0.15) is 0 Å². The SMILES string of the molecule is CC(C)(CN1CCOCC1)SN=O.Cl. The predicted molar refractivity (Wildman–Crippen MR) is 62.0 cm³/mol. The molecule has 1 aliphatic rings. The first-order valence-corrected chi connectivity index (χ1v) is 5.22. The number of morpholine rings is 1. The van der Waals surface area contributed by atoms with Gasteiger partial charge >= 0.3 is 0 Å². The van der Waals surface area contributed by atoms with E-state index in [1.807, 2.05) is 13.8 Å². The van der Waals surface area contributed by atoms with Crippen molar-refractivity contribution in [3.8, 4) is 0 Å². The summed E-state index contributed by atoms with van der Waals surface area (Å²) in [7, 11) is 0. The molecule has 1 saturated heterocycles. The molecule has 14 heavy (non-hydrogen) atoms. The third-order valence-corrected chi connectivity index (χ3v) is 2.69. The van der Waals surface area contributed by atoms with E-state index >= 15 is 0 Å². The van der Waals surface area contributed by atoms with Gasteiger partial charge in [-0.15, -0.1) is 17.3 Å². The van der Waals surface area contributed by atoms with Crippen molar-refractivity contribution in [2.75, 3.05) is 32.8 Å². The van der Waals surface area contributed by atoms with Crippen LogP contribution in [0.1, 0.15) is 13.8 Å². The molecule has 1 aliphatic heterocycles. The number of hydrogen-bond acceptors (Lipinski definition) is 5. The van der Waals surface area contributed by atoms with Gasteiger partial charge in [0, 0.05) is 40.9 Å². The monoisotopic (exact) mass is 240 g/mol. The van der Waals surface area contributed by atoms with Gasteiger partial charge in [0.2, 0.25) is 0 Å². The molecule has 4 nitrogen and oxygen atoms in total. The Morgan fingerprint density at radius 1 is 1.43 bits per heavy atom. The Balaban J connectivity index is 0.00000169. The number of rotatable bonds is 4. The van der Waals surface area contributed by atoms with Crippen LogP contribution in [0.15, 0.2) is 4.58 Å². The maximum absolute atomic E-state index is 10.1. The smallest absolute Gasteiger partial charge is 0.0594 e. The van der Waals surface area contributed by atoms with E-state index in [9.17, 15) is 4.91 Å². The molecular weight excluding hydrogens is 224 g/mol. The average Bonchev–Trinajstić information content (AvgIpc) is 2.04. The van der Waals surface area contributed by atoms with Gasteiger partial charge < -0.3 is 4.74 Å². The minimum Gasteiger partial charge on any atom is -0.379 e. The minimum absolute atomic E-state index is 0. The third kappa shape index (κ3) is 5.14. The van der Waals surface area contributed by atoms with Crippen molar-refractivity contribution in [1.82, 2.24) is 4.90 Å². The molecule has 0 amide bonds. The lowest BCUT2D eigenvalue weighted by atomic mass is 10.2. The zero-order valence-corrected chi connectivity index (χ0v) is 10.2. The second-order valence-corrected chi connectivity index (χ2v) is 5.25. The number of halogens is 1. The highest BCUT2D eigenvalue weighted by Gasteiger charge is 2.24. The molecule has 0 unspecified atom stereocenters. The molecule has 0 N–H and O–H groups in total. The van der Waals surface area contributed by atoms with E-state index in [4.69, 9.17) is 4.74 Å². The molecule has 0 spiro atoms. The molecule has 0 saturated carbocycles. The standard InChI is InChI=1S/C8H16N2O2S.ClH/c1-8(2,13-9-11)7-10-3-5-12-6-4-10;/h3-7H2,1-2H3;1H. The van der Waals surface area contributed by atoms with E-state index in [1.54, 1.807) is 0 Å². The fourth-order valence-corrected chi connectivity index (χ4v) is 1.87. The molecule has 0 aromatic rings. The molecule has 0 aromatic heterocycles. The van der Waals surface area contributed by atoms with Crippen LogP contribution in [-0.4, -0.2) is 42.5 Å². The van der Waals surface area contributed by atoms with Crippen LogP contribution in [-0.2, 0) is 4.74 Å². The second-order valence-electron chi connectivity index (χ2n) is 3.81. The van der Waals surface area contributed by atoms with Crippen molar-refractivity contribution >= 4 is 24.4 Å². The maximum Gasteiger partial charge on any atom is 0.0594 e. The van der Waals surface area contributed by atoms with Gasteiger partial charge in [-0.3, -0.25) is 4.90 Å². The molecule has 84 valence electrons. The molecule has 0 aliphatic carbocycles. The number of hydrogen-bond donors (Lipinski definition) is 0. The summed E-state index contributed by atoms with van der Waals surface area (Å²) in [4.78, 5) is 12.4. The molecule has 0 bridgehead atoms. The van der Waals surface area contributed by atoms with E-state index in [1.165, 1.54) is 0 Å². The van der Waals surface area contributed by atoms with Gasteiger partial charge in [0.15, 0.2) is 0 Å². The fraction of sp³-hybridized carbons (Fsp3) is 1.00. The molecular formula is C8H17ClN2O2S. The summed E-state index contributed by atoms with van der Waals surface area (Å²) < 4.78 is 8.04. The Bertz CT molecular complexity index is 175. The van der Waals surface area contributed by atoms with Gasteiger partial charge in [-0.1, -0.05) is 0 Å². The van der Waals surface area contributed by atoms with Crippen LogP contribution >= 0.6 is 24.4 Å². The van der Waals surface area contributed by atoms with Gasteiger partial charge in [0.1, 0.15) is 0 Å². The summed E-state index contributed by atoms with van der Waals surface area (Å²) in [6.45, 7) is 8.49. The fourth-order valence-electron chi connectivity index (χ4n) is 1.43. The van der Waals surface area contributed by atoms with E-state index < -0.39 is 0 Å². The zero-order chi connectivity index (χ0) is 9.73. The van der Waals surface area contributed by atoms with Crippen LogP contribution in [0.4, 0.5) is 0 Å². The van der Waals surface area contributed by atoms with Gasteiger partial charge in [0.25, 0.3) is 0 Å². The van der Waals surface area contributed by atoms with Crippen molar-refractivity contribution in [2.45, 2.75) is 18.6 Å². The number of nitrogens with zero attached hydrogens (tertiary/aromatic N) is 2. The molecule has 0 aromatic carbocycles. The average molecular weight is 241 g/mol. The summed E-state index contributed by atoms with van der Waals surface area (Å²) in [6, 6.07) is 0. The largest absolute Gasteiger partial charge is 0.379 e. The Hall–Kier alpha value is 0.160. The Kier molecular flexibility index (Phi) is 6.68. The second kappa shape index (κ2) is 6.61. The first-order chi connectivity index (χ1) is 6.14. The van der Waals surface area contributed by atoms with Crippen molar-refractivity contribution < 1.29 is 4.74 Å². The molecule has 6 heteroatoms. The van der Waals surface area contributed by atoms with Gasteiger partial charge in [-0.05, 0) is 13.8 Å². The van der Waals surface area contributed by atoms with E-state index in [2.05, 4.69) is 9.48 Å². The molecule has 1 rings (SSSR count). The van der Waals surface area contributed by atoms with Gasteiger partial charge in [-0.25, -0.2) is 0 Å². The Morgan fingerprint density at radius 3 is 2.50 bits per heavy atom.